The number of carbonyl (C=O) groups is 1. The number of fused-ring (bicyclic) bond motifs is 1. The van der Waals surface area contributed by atoms with Gasteiger partial charge in [-0.05, 0) is 30.7 Å². The first-order valence-electron chi connectivity index (χ1n) is 7.98. The SMILES string of the molecule is COc1nc2c(cc1C)c(=O)c(C(=O)NCc1ccc(Cl)cc1)cn2C. The maximum Gasteiger partial charge on any atom is 0.257 e. The fraction of sp³-hybridized carbons (Fsp3) is 0.211. The van der Waals surface area contributed by atoms with Crippen molar-refractivity contribution in [3.63, 3.8) is 0 Å². The molecule has 6 nitrogen and oxygen atoms in total. The number of rotatable bonds is 4. The van der Waals surface area contributed by atoms with E-state index in [2.05, 4.69) is 10.3 Å². The number of nitrogens with zero attached hydrogens (tertiary/aromatic N) is 2. The largest absolute Gasteiger partial charge is 0.481 e. The van der Waals surface area contributed by atoms with Crippen LogP contribution >= 0.6 is 11.6 Å². The van der Waals surface area contributed by atoms with Gasteiger partial charge in [0.15, 0.2) is 0 Å². The zero-order valence-electron chi connectivity index (χ0n) is 14.7. The van der Waals surface area contributed by atoms with Crippen molar-refractivity contribution in [3.8, 4) is 5.88 Å². The van der Waals surface area contributed by atoms with Gasteiger partial charge in [-0.1, -0.05) is 23.7 Å². The summed E-state index contributed by atoms with van der Waals surface area (Å²) in [6, 6.07) is 8.83. The van der Waals surface area contributed by atoms with Crippen LogP contribution in [0.25, 0.3) is 11.0 Å². The molecule has 0 bridgehead atoms. The lowest BCUT2D eigenvalue weighted by molar-refractivity contribution is 0.0949. The molecular weight excluding hydrogens is 354 g/mol. The highest BCUT2D eigenvalue weighted by Crippen LogP contribution is 2.19. The van der Waals surface area contributed by atoms with Crippen molar-refractivity contribution >= 4 is 28.5 Å². The molecule has 0 aliphatic carbocycles. The quantitative estimate of drug-likeness (QED) is 0.765. The Labute approximate surface area is 155 Å². The second-order valence-electron chi connectivity index (χ2n) is 5.98. The first-order chi connectivity index (χ1) is 12.4. The molecule has 7 heteroatoms. The molecule has 26 heavy (non-hydrogen) atoms. The molecule has 0 fully saturated rings. The Morgan fingerprint density at radius 2 is 2.00 bits per heavy atom. The summed E-state index contributed by atoms with van der Waals surface area (Å²) in [6.07, 6.45) is 1.49. The van der Waals surface area contributed by atoms with E-state index >= 15 is 0 Å². The number of methoxy groups -OCH3 is 1. The van der Waals surface area contributed by atoms with Crippen molar-refractivity contribution in [2.75, 3.05) is 7.11 Å². The lowest BCUT2D eigenvalue weighted by Gasteiger charge is -2.11. The van der Waals surface area contributed by atoms with Crippen molar-refractivity contribution in [1.29, 1.82) is 0 Å². The maximum atomic E-state index is 12.8. The molecule has 2 heterocycles. The standard InChI is InChI=1S/C19H18ClN3O3/c1-11-8-14-16(24)15(10-23(2)17(14)22-19(11)26-3)18(25)21-9-12-4-6-13(20)7-5-12/h4-8,10H,9H2,1-3H3,(H,21,25). The Balaban J connectivity index is 1.94. The van der Waals surface area contributed by atoms with Crippen LogP contribution in [0, 0.1) is 6.92 Å². The van der Waals surface area contributed by atoms with Gasteiger partial charge < -0.3 is 14.6 Å². The van der Waals surface area contributed by atoms with Gasteiger partial charge in [-0.2, -0.15) is 4.98 Å². The Morgan fingerprint density at radius 3 is 2.65 bits per heavy atom. The molecular formula is C19H18ClN3O3. The van der Waals surface area contributed by atoms with Crippen LogP contribution in [0.4, 0.5) is 0 Å². The minimum absolute atomic E-state index is 0.0698. The molecule has 2 aromatic heterocycles. The van der Waals surface area contributed by atoms with Crippen LogP contribution in [0.3, 0.4) is 0 Å². The predicted molar refractivity (Wildman–Crippen MR) is 101 cm³/mol. The van der Waals surface area contributed by atoms with Gasteiger partial charge in [0.25, 0.3) is 5.91 Å². The van der Waals surface area contributed by atoms with Crippen molar-refractivity contribution in [2.45, 2.75) is 13.5 Å². The maximum absolute atomic E-state index is 12.8. The monoisotopic (exact) mass is 371 g/mol. The van der Waals surface area contributed by atoms with E-state index in [1.807, 2.05) is 12.1 Å². The zero-order valence-corrected chi connectivity index (χ0v) is 15.4. The molecule has 0 aliphatic heterocycles. The molecule has 0 radical (unpaired) electrons. The third-order valence-electron chi connectivity index (χ3n) is 4.10. The van der Waals surface area contributed by atoms with E-state index in [1.165, 1.54) is 13.3 Å². The fourth-order valence-corrected chi connectivity index (χ4v) is 2.86. The van der Waals surface area contributed by atoms with Crippen LogP contribution < -0.4 is 15.5 Å². The zero-order chi connectivity index (χ0) is 18.8. The first-order valence-corrected chi connectivity index (χ1v) is 8.36. The number of aromatic nitrogens is 2. The lowest BCUT2D eigenvalue weighted by atomic mass is 10.1. The Bertz CT molecular complexity index is 1040. The van der Waals surface area contributed by atoms with Crippen molar-refractivity contribution in [3.05, 3.63) is 68.5 Å². The molecule has 0 unspecified atom stereocenters. The number of nitrogens with one attached hydrogen (secondary N) is 1. The van der Waals surface area contributed by atoms with E-state index in [1.54, 1.807) is 36.7 Å². The number of aryl methyl sites for hydroxylation is 2. The lowest BCUT2D eigenvalue weighted by Crippen LogP contribution is -2.29. The number of pyridine rings is 2. The number of ether oxygens (including phenoxy) is 1. The van der Waals surface area contributed by atoms with E-state index in [9.17, 15) is 9.59 Å². The topological polar surface area (TPSA) is 73.2 Å². The minimum atomic E-state index is -0.434. The van der Waals surface area contributed by atoms with Crippen molar-refractivity contribution < 1.29 is 9.53 Å². The highest BCUT2D eigenvalue weighted by atomic mass is 35.5. The molecule has 0 atom stereocenters. The average molecular weight is 372 g/mol. The third kappa shape index (κ3) is 3.41. The van der Waals surface area contributed by atoms with E-state index in [0.717, 1.165) is 11.1 Å². The Hall–Kier alpha value is -2.86. The summed E-state index contributed by atoms with van der Waals surface area (Å²) in [5.41, 5.74) is 1.80. The van der Waals surface area contributed by atoms with Gasteiger partial charge in [0.2, 0.25) is 11.3 Å². The first kappa shape index (κ1) is 17.9. The smallest absolute Gasteiger partial charge is 0.257 e. The molecule has 1 N–H and O–H groups in total. The number of benzene rings is 1. The van der Waals surface area contributed by atoms with Gasteiger partial charge in [0.05, 0.1) is 12.5 Å². The molecule has 0 spiro atoms. The predicted octanol–water partition coefficient (Wildman–Crippen LogP) is 2.83. The minimum Gasteiger partial charge on any atom is -0.481 e. The molecule has 0 saturated carbocycles. The van der Waals surface area contributed by atoms with E-state index in [-0.39, 0.29) is 11.0 Å². The van der Waals surface area contributed by atoms with Gasteiger partial charge in [0, 0.05) is 30.4 Å². The highest BCUT2D eigenvalue weighted by molar-refractivity contribution is 6.30. The Kier molecular flexibility index (Phi) is 4.95. The number of amides is 1. The van der Waals surface area contributed by atoms with E-state index in [0.29, 0.717) is 28.5 Å². The molecule has 1 aromatic carbocycles. The normalized spacial score (nSPS) is 10.8. The van der Waals surface area contributed by atoms with Crippen LogP contribution in [-0.4, -0.2) is 22.6 Å². The van der Waals surface area contributed by atoms with Gasteiger partial charge >= 0.3 is 0 Å². The summed E-state index contributed by atoms with van der Waals surface area (Å²) in [6.45, 7) is 2.11. The summed E-state index contributed by atoms with van der Waals surface area (Å²) in [4.78, 5) is 29.6. The van der Waals surface area contributed by atoms with Crippen LogP contribution in [0.5, 0.6) is 5.88 Å². The molecule has 0 aliphatic rings. The number of carbonyl (C=O) groups excluding carboxylic acids is 1. The van der Waals surface area contributed by atoms with E-state index < -0.39 is 5.91 Å². The van der Waals surface area contributed by atoms with Crippen molar-refractivity contribution in [1.82, 2.24) is 14.9 Å². The molecule has 0 saturated heterocycles. The summed E-state index contributed by atoms with van der Waals surface area (Å²) in [5.74, 6) is 0.0170. The van der Waals surface area contributed by atoms with Crippen LogP contribution in [0.15, 0.2) is 41.3 Å². The summed E-state index contributed by atoms with van der Waals surface area (Å²) >= 11 is 5.85. The van der Waals surface area contributed by atoms with Crippen LogP contribution in [-0.2, 0) is 13.6 Å². The second kappa shape index (κ2) is 7.17. The summed E-state index contributed by atoms with van der Waals surface area (Å²) in [5, 5.41) is 3.77. The van der Waals surface area contributed by atoms with Gasteiger partial charge in [-0.15, -0.1) is 0 Å². The van der Waals surface area contributed by atoms with Crippen LogP contribution in [0.1, 0.15) is 21.5 Å². The average Bonchev–Trinajstić information content (AvgIpc) is 2.63. The number of halogens is 1. The Morgan fingerprint density at radius 1 is 1.31 bits per heavy atom. The summed E-state index contributed by atoms with van der Waals surface area (Å²) < 4.78 is 6.86. The third-order valence-corrected chi connectivity index (χ3v) is 4.35. The molecule has 1 amide bonds. The molecule has 3 aromatic rings. The van der Waals surface area contributed by atoms with Crippen LogP contribution in [0.2, 0.25) is 5.02 Å². The molecule has 134 valence electrons. The second-order valence-corrected chi connectivity index (χ2v) is 6.41. The molecule has 3 rings (SSSR count). The fourth-order valence-electron chi connectivity index (χ4n) is 2.73. The summed E-state index contributed by atoms with van der Waals surface area (Å²) in [7, 11) is 3.26. The van der Waals surface area contributed by atoms with E-state index in [4.69, 9.17) is 16.3 Å². The highest BCUT2D eigenvalue weighted by Gasteiger charge is 2.16. The number of hydrogen-bond donors (Lipinski definition) is 1. The van der Waals surface area contributed by atoms with Gasteiger partial charge in [-0.25, -0.2) is 0 Å². The van der Waals surface area contributed by atoms with Crippen molar-refractivity contribution in [2.24, 2.45) is 7.05 Å². The van der Waals surface area contributed by atoms with Gasteiger partial charge in [-0.3, -0.25) is 9.59 Å². The number of hydrogen-bond acceptors (Lipinski definition) is 4. The van der Waals surface area contributed by atoms with Gasteiger partial charge in [0.1, 0.15) is 11.2 Å².